The topological polar surface area (TPSA) is 78.5 Å². The molecule has 0 saturated heterocycles. The Bertz CT molecular complexity index is 1070. The first-order valence-corrected chi connectivity index (χ1v) is 12.8. The molecular weight excluding hydrogens is 454 g/mol. The van der Waals surface area contributed by atoms with Crippen LogP contribution >= 0.6 is 22.7 Å². The molecule has 1 atom stereocenters. The molecule has 4 rings (SSSR count). The standard InChI is InChI=1S/C25H27N3O3S2/c1-17(29)26-19-10-12-20(13-11-19)28(23(30)16-21-8-4-14-32-21)24(22-9-5-15-33-22)25(31)27-18-6-2-3-7-18/h4-5,8-15,18,24H,2-3,6-7,16H2,1H3,(H,26,29)(H,27,31)/t24-/m1/s1. The number of carbonyl (C=O) groups excluding carboxylic acids is 3. The van der Waals surface area contributed by atoms with Gasteiger partial charge in [-0.05, 0) is 60.0 Å². The van der Waals surface area contributed by atoms with Gasteiger partial charge in [-0.1, -0.05) is 25.0 Å². The molecule has 3 amide bonds. The Kier molecular flexibility index (Phi) is 7.57. The zero-order valence-corrected chi connectivity index (χ0v) is 20.1. The Morgan fingerprint density at radius 2 is 1.70 bits per heavy atom. The Balaban J connectivity index is 1.70. The molecule has 0 aliphatic heterocycles. The van der Waals surface area contributed by atoms with Crippen molar-refractivity contribution in [2.75, 3.05) is 10.2 Å². The highest BCUT2D eigenvalue weighted by molar-refractivity contribution is 7.10. The van der Waals surface area contributed by atoms with Gasteiger partial charge in [0.15, 0.2) is 0 Å². The van der Waals surface area contributed by atoms with Gasteiger partial charge in [0.25, 0.3) is 0 Å². The molecule has 2 N–H and O–H groups in total. The van der Waals surface area contributed by atoms with Crippen LogP contribution in [-0.4, -0.2) is 23.8 Å². The van der Waals surface area contributed by atoms with Crippen LogP contribution in [0.15, 0.2) is 59.3 Å². The lowest BCUT2D eigenvalue weighted by Gasteiger charge is -2.31. The molecule has 8 heteroatoms. The smallest absolute Gasteiger partial charge is 0.248 e. The number of amides is 3. The summed E-state index contributed by atoms with van der Waals surface area (Å²) in [7, 11) is 0. The first kappa shape index (κ1) is 23.2. The molecule has 1 aromatic carbocycles. The summed E-state index contributed by atoms with van der Waals surface area (Å²) in [6.45, 7) is 1.45. The molecule has 0 radical (unpaired) electrons. The lowest BCUT2D eigenvalue weighted by atomic mass is 10.1. The van der Waals surface area contributed by atoms with Gasteiger partial charge in [-0.25, -0.2) is 0 Å². The number of nitrogens with one attached hydrogen (secondary N) is 2. The zero-order valence-electron chi connectivity index (χ0n) is 18.5. The summed E-state index contributed by atoms with van der Waals surface area (Å²) in [6, 6.07) is 14.1. The third-order valence-electron chi connectivity index (χ3n) is 5.66. The van der Waals surface area contributed by atoms with Crippen molar-refractivity contribution in [3.8, 4) is 0 Å². The molecule has 1 aliphatic carbocycles. The van der Waals surface area contributed by atoms with Crippen molar-refractivity contribution >= 4 is 51.8 Å². The van der Waals surface area contributed by atoms with Gasteiger partial charge in [0.2, 0.25) is 17.7 Å². The number of rotatable bonds is 8. The maximum absolute atomic E-state index is 13.6. The van der Waals surface area contributed by atoms with E-state index >= 15 is 0 Å². The molecular formula is C25H27N3O3S2. The van der Waals surface area contributed by atoms with E-state index < -0.39 is 6.04 Å². The second-order valence-corrected chi connectivity index (χ2v) is 10.2. The summed E-state index contributed by atoms with van der Waals surface area (Å²) in [6.07, 6.45) is 4.37. The molecule has 0 unspecified atom stereocenters. The molecule has 172 valence electrons. The molecule has 33 heavy (non-hydrogen) atoms. The van der Waals surface area contributed by atoms with E-state index in [9.17, 15) is 14.4 Å². The fraction of sp³-hybridized carbons (Fsp3) is 0.320. The van der Waals surface area contributed by atoms with Gasteiger partial charge in [-0.2, -0.15) is 0 Å². The minimum Gasteiger partial charge on any atom is -0.351 e. The Hall–Kier alpha value is -2.97. The van der Waals surface area contributed by atoms with Gasteiger partial charge < -0.3 is 10.6 Å². The molecule has 6 nitrogen and oxygen atoms in total. The van der Waals surface area contributed by atoms with E-state index in [1.807, 2.05) is 35.0 Å². The first-order chi connectivity index (χ1) is 16.0. The summed E-state index contributed by atoms with van der Waals surface area (Å²) in [5, 5.41) is 9.80. The molecule has 0 bridgehead atoms. The number of benzene rings is 1. The second-order valence-electron chi connectivity index (χ2n) is 8.16. The van der Waals surface area contributed by atoms with Crippen molar-refractivity contribution in [2.24, 2.45) is 0 Å². The highest BCUT2D eigenvalue weighted by atomic mass is 32.1. The van der Waals surface area contributed by atoms with E-state index in [2.05, 4.69) is 10.6 Å². The number of thiophene rings is 2. The van der Waals surface area contributed by atoms with E-state index in [1.165, 1.54) is 29.6 Å². The minimum absolute atomic E-state index is 0.148. The Labute approximate surface area is 201 Å². The van der Waals surface area contributed by atoms with Crippen LogP contribution in [0.3, 0.4) is 0 Å². The minimum atomic E-state index is -0.760. The van der Waals surface area contributed by atoms with Crippen molar-refractivity contribution in [3.05, 3.63) is 69.0 Å². The number of carbonyl (C=O) groups is 3. The summed E-state index contributed by atoms with van der Waals surface area (Å²) in [4.78, 5) is 42.0. The molecule has 1 saturated carbocycles. The van der Waals surface area contributed by atoms with E-state index in [0.717, 1.165) is 35.4 Å². The molecule has 2 heterocycles. The third-order valence-corrected chi connectivity index (χ3v) is 7.46. The SMILES string of the molecule is CC(=O)Nc1ccc(N(C(=O)Cc2cccs2)[C@@H](C(=O)NC2CCCC2)c2cccs2)cc1. The Morgan fingerprint density at radius 1 is 1.00 bits per heavy atom. The van der Waals surface area contributed by atoms with Crippen LogP contribution in [0.2, 0.25) is 0 Å². The van der Waals surface area contributed by atoms with Crippen LogP contribution in [0, 0.1) is 0 Å². The third kappa shape index (κ3) is 5.89. The first-order valence-electron chi connectivity index (χ1n) is 11.1. The number of hydrogen-bond donors (Lipinski definition) is 2. The van der Waals surface area contributed by atoms with Gasteiger partial charge in [-0.15, -0.1) is 22.7 Å². The van der Waals surface area contributed by atoms with Gasteiger partial charge in [-0.3, -0.25) is 19.3 Å². The lowest BCUT2D eigenvalue weighted by molar-refractivity contribution is -0.126. The van der Waals surface area contributed by atoms with Crippen molar-refractivity contribution in [1.82, 2.24) is 5.32 Å². The predicted octanol–water partition coefficient (Wildman–Crippen LogP) is 5.14. The summed E-state index contributed by atoms with van der Waals surface area (Å²) < 4.78 is 0. The van der Waals surface area contributed by atoms with Crippen LogP contribution < -0.4 is 15.5 Å². The van der Waals surface area contributed by atoms with E-state index in [4.69, 9.17) is 0 Å². The van der Waals surface area contributed by atoms with Crippen LogP contribution in [0.4, 0.5) is 11.4 Å². The van der Waals surface area contributed by atoms with Crippen LogP contribution in [0.1, 0.15) is 48.4 Å². The molecule has 1 fully saturated rings. The summed E-state index contributed by atoms with van der Waals surface area (Å²) in [5.41, 5.74) is 1.26. The largest absolute Gasteiger partial charge is 0.351 e. The highest BCUT2D eigenvalue weighted by Crippen LogP contribution is 2.33. The van der Waals surface area contributed by atoms with Gasteiger partial charge in [0.05, 0.1) is 6.42 Å². The summed E-state index contributed by atoms with van der Waals surface area (Å²) in [5.74, 6) is -0.472. The van der Waals surface area contributed by atoms with Crippen molar-refractivity contribution in [3.63, 3.8) is 0 Å². The van der Waals surface area contributed by atoms with Crippen LogP contribution in [0.5, 0.6) is 0 Å². The van der Waals surface area contributed by atoms with E-state index in [-0.39, 0.29) is 30.2 Å². The number of hydrogen-bond acceptors (Lipinski definition) is 5. The van der Waals surface area contributed by atoms with Gasteiger partial charge in [0.1, 0.15) is 6.04 Å². The number of nitrogens with zero attached hydrogens (tertiary/aromatic N) is 1. The molecule has 3 aromatic rings. The Morgan fingerprint density at radius 3 is 2.30 bits per heavy atom. The average molecular weight is 482 g/mol. The molecule has 0 spiro atoms. The molecule has 1 aliphatic rings. The van der Waals surface area contributed by atoms with Gasteiger partial charge in [0, 0.05) is 34.1 Å². The molecule has 2 aromatic heterocycles. The summed E-state index contributed by atoms with van der Waals surface area (Å²) >= 11 is 2.99. The quantitative estimate of drug-likeness (QED) is 0.467. The highest BCUT2D eigenvalue weighted by Gasteiger charge is 2.35. The van der Waals surface area contributed by atoms with Crippen molar-refractivity contribution in [2.45, 2.75) is 51.1 Å². The van der Waals surface area contributed by atoms with E-state index in [1.54, 1.807) is 29.2 Å². The maximum atomic E-state index is 13.6. The van der Waals surface area contributed by atoms with Crippen LogP contribution in [0.25, 0.3) is 0 Å². The van der Waals surface area contributed by atoms with Gasteiger partial charge >= 0.3 is 0 Å². The monoisotopic (exact) mass is 481 g/mol. The second kappa shape index (κ2) is 10.8. The van der Waals surface area contributed by atoms with Crippen molar-refractivity contribution < 1.29 is 14.4 Å². The average Bonchev–Trinajstić information content (AvgIpc) is 3.56. The maximum Gasteiger partial charge on any atom is 0.248 e. The van der Waals surface area contributed by atoms with E-state index in [0.29, 0.717) is 11.4 Å². The zero-order chi connectivity index (χ0) is 23.2. The van der Waals surface area contributed by atoms with Crippen LogP contribution in [-0.2, 0) is 20.8 Å². The predicted molar refractivity (Wildman–Crippen MR) is 134 cm³/mol. The van der Waals surface area contributed by atoms with Crippen molar-refractivity contribution in [1.29, 1.82) is 0 Å². The lowest BCUT2D eigenvalue weighted by Crippen LogP contribution is -2.46. The fourth-order valence-electron chi connectivity index (χ4n) is 4.16. The number of anilines is 2. The normalized spacial score (nSPS) is 14.6. The fourth-order valence-corrected chi connectivity index (χ4v) is 5.67.